The number of esters is 2. The maximum Gasteiger partial charge on any atom is 0.320 e. The Kier molecular flexibility index (Phi) is 6.68. The molecule has 1 heterocycles. The van der Waals surface area contributed by atoms with Crippen molar-refractivity contribution in [3.05, 3.63) is 0 Å². The smallest absolute Gasteiger partial charge is 0.320 e. The van der Waals surface area contributed by atoms with E-state index in [4.69, 9.17) is 4.74 Å². The number of rotatable bonds is 6. The molecule has 0 N–H and O–H groups in total. The average molecular weight is 258 g/mol. The van der Waals surface area contributed by atoms with Gasteiger partial charge in [0, 0.05) is 0 Å². The van der Waals surface area contributed by atoms with Crippen LogP contribution in [0.3, 0.4) is 0 Å². The summed E-state index contributed by atoms with van der Waals surface area (Å²) in [5, 5.41) is 0. The van der Waals surface area contributed by atoms with E-state index < -0.39 is 5.41 Å². The fourth-order valence-corrected chi connectivity index (χ4v) is 2.88. The molecule has 1 aliphatic rings. The van der Waals surface area contributed by atoms with Crippen molar-refractivity contribution in [3.63, 3.8) is 0 Å². The highest BCUT2D eigenvalue weighted by Crippen LogP contribution is 2.46. The van der Waals surface area contributed by atoms with E-state index in [1.165, 1.54) is 0 Å². The monoisotopic (exact) mass is 258 g/mol. The maximum absolute atomic E-state index is 11.9. The van der Waals surface area contributed by atoms with Gasteiger partial charge in [-0.3, -0.25) is 9.59 Å². The van der Waals surface area contributed by atoms with Gasteiger partial charge in [-0.15, -0.1) is 0 Å². The molecule has 0 aromatic rings. The molecule has 0 aromatic heterocycles. The van der Waals surface area contributed by atoms with Crippen LogP contribution in [0.5, 0.6) is 0 Å². The van der Waals surface area contributed by atoms with Crippen LogP contribution >= 0.6 is 0 Å². The fraction of sp³-hybridized carbons (Fsp3) is 0.846. The topological polar surface area (TPSA) is 43.4 Å². The van der Waals surface area contributed by atoms with E-state index in [0.717, 1.165) is 38.5 Å². The van der Waals surface area contributed by atoms with Gasteiger partial charge in [0.15, 0.2) is 0 Å². The van der Waals surface area contributed by atoms with Crippen LogP contribution < -0.4 is 0 Å². The lowest BCUT2D eigenvalue weighted by Crippen LogP contribution is -2.34. The van der Waals surface area contributed by atoms with Crippen molar-refractivity contribution in [3.8, 4) is 0 Å². The molecule has 1 atom stereocenters. The van der Waals surface area contributed by atoms with Crippen LogP contribution in [-0.4, -0.2) is 22.9 Å². The van der Waals surface area contributed by atoms with E-state index in [2.05, 4.69) is 13.8 Å². The van der Waals surface area contributed by atoms with Gasteiger partial charge < -0.3 is 4.74 Å². The van der Waals surface area contributed by atoms with Gasteiger partial charge in [0.05, 0.1) is 11.3 Å². The number of carbonyl (C=O) groups is 2. The highest BCUT2D eigenvalue weighted by molar-refractivity contribution is 5.99. The van der Waals surface area contributed by atoms with Crippen LogP contribution in [-0.2, 0) is 14.3 Å². The predicted octanol–water partition coefficient (Wildman–Crippen LogP) is 1.62. The number of carbonyl (C=O) groups excluding carboxylic acids is 2. The number of cyclic esters (lactones) is 2. The summed E-state index contributed by atoms with van der Waals surface area (Å²) in [7, 11) is 0. The van der Waals surface area contributed by atoms with Crippen molar-refractivity contribution in [1.29, 1.82) is 0 Å². The third kappa shape index (κ3) is 2.97. The van der Waals surface area contributed by atoms with Crippen LogP contribution in [0, 0.1) is 11.3 Å². The predicted molar refractivity (Wildman–Crippen MR) is 73.1 cm³/mol. The second-order valence-corrected chi connectivity index (χ2v) is 4.71. The van der Waals surface area contributed by atoms with Crippen LogP contribution in [0.15, 0.2) is 0 Å². The molecule has 0 radical (unpaired) electrons. The van der Waals surface area contributed by atoms with Crippen LogP contribution in [0.2, 0.25) is 0 Å². The molecule has 0 aromatic carbocycles. The van der Waals surface area contributed by atoms with Gasteiger partial charge in [-0.25, -0.2) is 0 Å². The Morgan fingerprint density at radius 3 is 2.00 bits per heavy atom. The van der Waals surface area contributed by atoms with Gasteiger partial charge in [-0.1, -0.05) is 40.0 Å². The zero-order valence-electron chi connectivity index (χ0n) is 10.5. The highest BCUT2D eigenvalue weighted by atomic mass is 28.1. The van der Waals surface area contributed by atoms with Crippen LogP contribution in [0.25, 0.3) is 0 Å². The van der Waals surface area contributed by atoms with Crippen LogP contribution in [0.1, 0.15) is 59.3 Å². The third-order valence-electron chi connectivity index (χ3n) is 3.52. The molecule has 3 nitrogen and oxygen atoms in total. The summed E-state index contributed by atoms with van der Waals surface area (Å²) in [6, 6.07) is 0. The van der Waals surface area contributed by atoms with Gasteiger partial charge in [0.1, 0.15) is 0 Å². The standard InChI is InChI=1S/C13H22O3.H4Si/c1-4-7-10-11(14)16-12(15)13(10,8-5-2)9-6-3;/h10H,4-9H2,1-3H3;1H4. The summed E-state index contributed by atoms with van der Waals surface area (Å²) in [5.74, 6) is -0.779. The first-order chi connectivity index (χ1) is 7.62. The number of hydrogen-bond donors (Lipinski definition) is 0. The van der Waals surface area contributed by atoms with E-state index in [-0.39, 0.29) is 28.8 Å². The van der Waals surface area contributed by atoms with E-state index in [1.54, 1.807) is 0 Å². The summed E-state index contributed by atoms with van der Waals surface area (Å²) in [6.07, 6.45) is 5.07. The lowest BCUT2D eigenvalue weighted by Gasteiger charge is -2.28. The summed E-state index contributed by atoms with van der Waals surface area (Å²) < 4.78 is 4.87. The fourth-order valence-electron chi connectivity index (χ4n) is 2.88. The summed E-state index contributed by atoms with van der Waals surface area (Å²) in [5.41, 5.74) is -0.517. The molecule has 0 amide bonds. The Balaban J connectivity index is 0.00000256. The average Bonchev–Trinajstić information content (AvgIpc) is 2.45. The van der Waals surface area contributed by atoms with Crippen molar-refractivity contribution in [1.82, 2.24) is 0 Å². The minimum Gasteiger partial charge on any atom is -0.392 e. The Morgan fingerprint density at radius 1 is 1.06 bits per heavy atom. The van der Waals surface area contributed by atoms with Gasteiger partial charge >= 0.3 is 11.9 Å². The zero-order chi connectivity index (χ0) is 12.2. The van der Waals surface area contributed by atoms with Crippen molar-refractivity contribution in [2.75, 3.05) is 0 Å². The molecule has 17 heavy (non-hydrogen) atoms. The number of hydrogen-bond acceptors (Lipinski definition) is 3. The molecule has 1 fully saturated rings. The summed E-state index contributed by atoms with van der Waals surface area (Å²) in [4.78, 5) is 23.6. The van der Waals surface area contributed by atoms with Crippen molar-refractivity contribution < 1.29 is 14.3 Å². The minimum absolute atomic E-state index is 0. The van der Waals surface area contributed by atoms with Crippen molar-refractivity contribution >= 4 is 22.9 Å². The van der Waals surface area contributed by atoms with Crippen molar-refractivity contribution in [2.45, 2.75) is 59.3 Å². The molecule has 0 bridgehead atoms. The molecule has 1 unspecified atom stereocenters. The second-order valence-electron chi connectivity index (χ2n) is 4.71. The lowest BCUT2D eigenvalue weighted by molar-refractivity contribution is -0.155. The van der Waals surface area contributed by atoms with Gasteiger partial charge in [-0.2, -0.15) is 0 Å². The number of ether oxygens (including phenoxy) is 1. The zero-order valence-corrected chi connectivity index (χ0v) is 10.5. The normalized spacial score (nSPS) is 22.2. The molecule has 4 heteroatoms. The van der Waals surface area contributed by atoms with E-state index in [1.807, 2.05) is 6.92 Å². The molecule has 0 saturated carbocycles. The molecule has 0 spiro atoms. The molecule has 100 valence electrons. The molecule has 1 rings (SSSR count). The largest absolute Gasteiger partial charge is 0.392 e. The first-order valence-electron chi connectivity index (χ1n) is 6.38. The van der Waals surface area contributed by atoms with Crippen LogP contribution in [0.4, 0.5) is 0 Å². The Hall–Kier alpha value is -0.643. The van der Waals surface area contributed by atoms with Crippen molar-refractivity contribution in [2.24, 2.45) is 11.3 Å². The molecular weight excluding hydrogens is 232 g/mol. The first-order valence-corrected chi connectivity index (χ1v) is 6.38. The van der Waals surface area contributed by atoms with Gasteiger partial charge in [0.25, 0.3) is 0 Å². The maximum atomic E-state index is 11.9. The molecule has 1 saturated heterocycles. The Labute approximate surface area is 108 Å². The van der Waals surface area contributed by atoms with E-state index in [0.29, 0.717) is 0 Å². The lowest BCUT2D eigenvalue weighted by atomic mass is 9.69. The third-order valence-corrected chi connectivity index (χ3v) is 3.52. The SMILES string of the molecule is CCCC1C(=O)OC(=O)C1(CCC)CCC.[SiH4]. The molecule has 1 aliphatic heterocycles. The molecule has 0 aliphatic carbocycles. The second kappa shape index (κ2) is 6.94. The van der Waals surface area contributed by atoms with Gasteiger partial charge in [0.2, 0.25) is 0 Å². The highest BCUT2D eigenvalue weighted by Gasteiger charge is 2.55. The molecular formula is C13H26O3Si. The quantitative estimate of drug-likeness (QED) is 0.413. The minimum atomic E-state index is -0.517. The first kappa shape index (κ1) is 16.4. The summed E-state index contributed by atoms with van der Waals surface area (Å²) in [6.45, 7) is 6.14. The van der Waals surface area contributed by atoms with Gasteiger partial charge in [-0.05, 0) is 30.2 Å². The Bertz CT molecular complexity index is 270. The van der Waals surface area contributed by atoms with E-state index >= 15 is 0 Å². The van der Waals surface area contributed by atoms with E-state index in [9.17, 15) is 9.59 Å². The Morgan fingerprint density at radius 2 is 1.59 bits per heavy atom. The summed E-state index contributed by atoms with van der Waals surface area (Å²) >= 11 is 0.